The van der Waals surface area contributed by atoms with Crippen LogP contribution in [0.3, 0.4) is 0 Å². The van der Waals surface area contributed by atoms with Gasteiger partial charge >= 0.3 is 6.09 Å². The highest BCUT2D eigenvalue weighted by atomic mass is 32.2. The quantitative estimate of drug-likeness (QED) is 0.280. The lowest BCUT2D eigenvalue weighted by molar-refractivity contribution is -0.142. The van der Waals surface area contributed by atoms with Crippen LogP contribution in [-0.2, 0) is 35.6 Å². The number of rotatable bonds is 10. The van der Waals surface area contributed by atoms with Gasteiger partial charge in [-0.25, -0.2) is 18.2 Å². The zero-order valence-electron chi connectivity index (χ0n) is 36.5. The number of para-hydroxylation sites is 1. The summed E-state index contributed by atoms with van der Waals surface area (Å²) >= 11 is 0. The second-order valence-corrected chi connectivity index (χ2v) is 22.7. The average Bonchev–Trinajstić information content (AvgIpc) is 4.04. The summed E-state index contributed by atoms with van der Waals surface area (Å²) in [5.74, 6) is -0.315. The molecule has 4 heterocycles. The Labute approximate surface area is 364 Å². The number of carbonyl (C=O) groups excluding carboxylic acids is 4. The van der Waals surface area contributed by atoms with Gasteiger partial charge in [-0.1, -0.05) is 51.8 Å². The van der Waals surface area contributed by atoms with E-state index in [1.54, 1.807) is 6.92 Å². The third-order valence-electron chi connectivity index (χ3n) is 14.3. The van der Waals surface area contributed by atoms with E-state index < -0.39 is 73.6 Å². The van der Waals surface area contributed by atoms with Gasteiger partial charge in [-0.3, -0.25) is 24.0 Å². The number of nitrogens with one attached hydrogen (secondary N) is 3. The maximum absolute atomic E-state index is 14.9. The Morgan fingerprint density at radius 1 is 1.05 bits per heavy atom. The van der Waals surface area contributed by atoms with Gasteiger partial charge in [-0.05, 0) is 94.1 Å². The van der Waals surface area contributed by atoms with Crippen LogP contribution in [0.4, 0.5) is 4.79 Å². The van der Waals surface area contributed by atoms with E-state index in [4.69, 9.17) is 19.2 Å². The molecule has 3 aliphatic heterocycles. The summed E-state index contributed by atoms with van der Waals surface area (Å²) in [7, 11) is -4.01. The van der Waals surface area contributed by atoms with Gasteiger partial charge in [0.2, 0.25) is 27.7 Å². The number of amides is 4. The molecule has 1 aromatic carbocycles. The van der Waals surface area contributed by atoms with Crippen LogP contribution >= 0.6 is 0 Å². The van der Waals surface area contributed by atoms with Crippen molar-refractivity contribution >= 4 is 44.7 Å². The van der Waals surface area contributed by atoms with Crippen LogP contribution in [0.25, 0.3) is 10.9 Å². The Bertz CT molecular complexity index is 2250. The van der Waals surface area contributed by atoms with Gasteiger partial charge in [0, 0.05) is 37.4 Å². The molecule has 16 heteroatoms. The lowest BCUT2D eigenvalue weighted by Crippen LogP contribution is -2.60. The molecule has 9 rings (SSSR count). The van der Waals surface area contributed by atoms with E-state index in [1.807, 2.05) is 45.0 Å². The summed E-state index contributed by atoms with van der Waals surface area (Å²) < 4.78 is 47.1. The third kappa shape index (κ3) is 8.61. The molecule has 4 amide bonds. The van der Waals surface area contributed by atoms with E-state index in [1.165, 1.54) is 23.8 Å². The number of carbonyl (C=O) groups is 4. The summed E-state index contributed by atoms with van der Waals surface area (Å²) in [5.41, 5.74) is -0.802. The second-order valence-electron chi connectivity index (χ2n) is 20.5. The molecule has 7 aliphatic rings. The van der Waals surface area contributed by atoms with Gasteiger partial charge < -0.3 is 29.7 Å². The first-order chi connectivity index (χ1) is 29.5. The number of ether oxygens (including phenoxy) is 3. The number of fused-ring (bicyclic) bond motifs is 5. The normalized spacial score (nSPS) is 31.4. The molecule has 62 heavy (non-hydrogen) atoms. The molecule has 2 aromatic rings. The Morgan fingerprint density at radius 2 is 1.81 bits per heavy atom. The Morgan fingerprint density at radius 3 is 2.50 bits per heavy atom. The molecule has 0 unspecified atom stereocenters. The smallest absolute Gasteiger partial charge is 0.408 e. The number of hydrogen-bond donors (Lipinski definition) is 3. The standard InChI is InChI=1S/C46H62N6O9S/c1-6-29-22-46(29,42(55)50-62(57,58)45(5)18-19-45)49-39(53)35-21-30-26-52(35)41(54)38(44(2,3)4)48-43(56)61-36-20-28(36)12-8-7-9-14-33-37(59-31-24-51(25-31)23-27-16-17-27)32-13-10-11-15-34(32)47-40(33)60-30/h6,10-11,13,15,27-31,35-36,38H,1,7-9,12,14,16-26H2,2-5H3,(H,48,56)(H,49,53)(H,50,55)/t28-,29-,30-,35+,36-,38-,46-/m1/s1. The molecule has 2 bridgehead atoms. The van der Waals surface area contributed by atoms with Crippen LogP contribution in [0.15, 0.2) is 36.9 Å². The fraction of sp³-hybridized carbons (Fsp3) is 0.674. The van der Waals surface area contributed by atoms with Crippen molar-refractivity contribution in [3.05, 3.63) is 42.5 Å². The largest absolute Gasteiger partial charge is 0.487 e. The topological polar surface area (TPSA) is 186 Å². The molecule has 336 valence electrons. The van der Waals surface area contributed by atoms with Gasteiger partial charge in [0.1, 0.15) is 41.7 Å². The number of benzene rings is 1. The maximum Gasteiger partial charge on any atom is 0.408 e. The van der Waals surface area contributed by atoms with E-state index in [9.17, 15) is 27.6 Å². The van der Waals surface area contributed by atoms with Gasteiger partial charge in [0.15, 0.2) is 0 Å². The molecule has 6 fully saturated rings. The number of nitrogens with zero attached hydrogens (tertiary/aromatic N) is 3. The van der Waals surface area contributed by atoms with Crippen molar-refractivity contribution in [1.82, 2.24) is 30.1 Å². The first-order valence-corrected chi connectivity index (χ1v) is 24.2. The Balaban J connectivity index is 1.04. The predicted molar refractivity (Wildman–Crippen MR) is 231 cm³/mol. The summed E-state index contributed by atoms with van der Waals surface area (Å²) in [4.78, 5) is 65.7. The first-order valence-electron chi connectivity index (χ1n) is 22.7. The third-order valence-corrected chi connectivity index (χ3v) is 16.5. The van der Waals surface area contributed by atoms with Crippen molar-refractivity contribution in [1.29, 1.82) is 0 Å². The van der Waals surface area contributed by atoms with E-state index >= 15 is 0 Å². The number of aromatic nitrogens is 1. The van der Waals surface area contributed by atoms with Crippen molar-refractivity contribution in [2.75, 3.05) is 26.2 Å². The van der Waals surface area contributed by atoms with E-state index in [-0.39, 0.29) is 37.5 Å². The first kappa shape index (κ1) is 42.8. The highest BCUT2D eigenvalue weighted by Gasteiger charge is 2.63. The number of alkyl carbamates (subject to hydrolysis) is 1. The van der Waals surface area contributed by atoms with Gasteiger partial charge in [0.25, 0.3) is 5.91 Å². The number of hydrogen-bond acceptors (Lipinski definition) is 11. The molecule has 7 atom stereocenters. The number of sulfonamides is 1. The highest BCUT2D eigenvalue weighted by molar-refractivity contribution is 7.91. The van der Waals surface area contributed by atoms with E-state index in [0.29, 0.717) is 30.7 Å². The van der Waals surface area contributed by atoms with Gasteiger partial charge in [-0.15, -0.1) is 6.58 Å². The number of pyridine rings is 1. The molecule has 4 saturated carbocycles. The van der Waals surface area contributed by atoms with Crippen LogP contribution in [0.2, 0.25) is 0 Å². The van der Waals surface area contributed by atoms with Crippen LogP contribution in [-0.4, -0.2) is 114 Å². The van der Waals surface area contributed by atoms with Crippen LogP contribution in [0.1, 0.15) is 104 Å². The van der Waals surface area contributed by atoms with E-state index in [2.05, 4.69) is 26.8 Å². The van der Waals surface area contributed by atoms with Crippen molar-refractivity contribution in [3.63, 3.8) is 0 Å². The zero-order valence-corrected chi connectivity index (χ0v) is 37.3. The minimum Gasteiger partial charge on any atom is -0.487 e. The predicted octanol–water partition coefficient (Wildman–Crippen LogP) is 4.76. The molecule has 0 spiro atoms. The molecular weight excluding hydrogens is 813 g/mol. The second kappa shape index (κ2) is 16.0. The van der Waals surface area contributed by atoms with Crippen LogP contribution < -0.4 is 24.8 Å². The molecular formula is C46H62N6O9S. The summed E-state index contributed by atoms with van der Waals surface area (Å²) in [6.45, 7) is 13.7. The molecule has 4 aliphatic carbocycles. The minimum atomic E-state index is -4.01. The zero-order chi connectivity index (χ0) is 43.8. The fourth-order valence-electron chi connectivity index (χ4n) is 9.54. The SMILES string of the molecule is C=C[C@@H]1C[C@]1(NC(=O)[C@@H]1C[C@@H]2CN1C(=O)[C@H](C(C)(C)C)NC(=O)O[C@@H]1C[C@H]1CCCCCc1c(nc3ccccc3c1OC1CN(CC3CC3)C1)O2)C(=O)NS(=O)(=O)C1(C)CC1. The molecule has 15 nitrogen and oxygen atoms in total. The van der Waals surface area contributed by atoms with Gasteiger partial charge in [-0.2, -0.15) is 0 Å². The highest BCUT2D eigenvalue weighted by Crippen LogP contribution is 2.48. The molecule has 2 saturated heterocycles. The Hall–Kier alpha value is -4.44. The van der Waals surface area contributed by atoms with Crippen molar-refractivity contribution in [3.8, 4) is 11.6 Å². The fourth-order valence-corrected chi connectivity index (χ4v) is 10.9. The summed E-state index contributed by atoms with van der Waals surface area (Å²) in [5, 5.41) is 6.62. The monoisotopic (exact) mass is 874 g/mol. The summed E-state index contributed by atoms with van der Waals surface area (Å²) in [6, 6.07) is 5.65. The Kier molecular flexibility index (Phi) is 11.0. The summed E-state index contributed by atoms with van der Waals surface area (Å²) in [6.07, 6.45) is 8.64. The average molecular weight is 875 g/mol. The van der Waals surface area contributed by atoms with Crippen LogP contribution in [0, 0.1) is 23.2 Å². The molecule has 0 radical (unpaired) electrons. The van der Waals surface area contributed by atoms with Crippen molar-refractivity contribution in [2.24, 2.45) is 23.2 Å². The van der Waals surface area contributed by atoms with Gasteiger partial charge in [0.05, 0.1) is 22.4 Å². The maximum atomic E-state index is 14.9. The minimum absolute atomic E-state index is 0.0224. The van der Waals surface area contributed by atoms with E-state index in [0.717, 1.165) is 74.4 Å². The van der Waals surface area contributed by atoms with Crippen molar-refractivity contribution < 1.29 is 41.8 Å². The molecule has 1 aromatic heterocycles. The number of likely N-dealkylation sites (tertiary alicyclic amines) is 1. The lowest BCUT2D eigenvalue weighted by Gasteiger charge is -2.39. The van der Waals surface area contributed by atoms with Crippen LogP contribution in [0.5, 0.6) is 11.6 Å². The lowest BCUT2D eigenvalue weighted by atomic mass is 9.85. The molecule has 3 N–H and O–H groups in total. The van der Waals surface area contributed by atoms with Crippen molar-refractivity contribution in [2.45, 2.75) is 145 Å².